The number of carbonyl (C=O) groups is 1. The van der Waals surface area contributed by atoms with E-state index < -0.39 is 11.7 Å². The fourth-order valence-electron chi connectivity index (χ4n) is 1.61. The monoisotopic (exact) mass is 303 g/mol. The van der Waals surface area contributed by atoms with E-state index >= 15 is 0 Å². The minimum Gasteiger partial charge on any atom is -0.444 e. The van der Waals surface area contributed by atoms with Crippen LogP contribution >= 0.6 is 11.6 Å². The van der Waals surface area contributed by atoms with Crippen LogP contribution in [0.25, 0.3) is 0 Å². The average molecular weight is 304 g/mol. The minimum absolute atomic E-state index is 0.00399. The van der Waals surface area contributed by atoms with Crippen LogP contribution in [0.5, 0.6) is 0 Å². The topological polar surface area (TPSA) is 95.0 Å². The van der Waals surface area contributed by atoms with Crippen molar-refractivity contribution in [2.24, 2.45) is 0 Å². The average Bonchev–Trinajstić information content (AvgIpc) is 2.46. The van der Waals surface area contributed by atoms with Crippen molar-refractivity contribution in [2.45, 2.75) is 6.61 Å². The molecule has 0 saturated heterocycles. The number of pyridine rings is 1. The molecule has 2 aromatic rings. The first-order chi connectivity index (χ1) is 10.1. The van der Waals surface area contributed by atoms with Crippen LogP contribution in [0.4, 0.5) is 10.5 Å². The maximum Gasteiger partial charge on any atom is 0.411 e. The fourth-order valence-corrected chi connectivity index (χ4v) is 1.84. The number of nitrogens with one attached hydrogen (secondary N) is 2. The van der Waals surface area contributed by atoms with Crippen LogP contribution in [0, 0.1) is 11.3 Å². The molecule has 0 fully saturated rings. The molecule has 0 aliphatic heterocycles. The number of halogens is 1. The molecule has 0 aliphatic rings. The normalized spacial score (nSPS) is 9.71. The minimum atomic E-state index is -0.781. The predicted molar refractivity (Wildman–Crippen MR) is 77.0 cm³/mol. The van der Waals surface area contributed by atoms with Crippen LogP contribution in [-0.4, -0.2) is 11.1 Å². The standard InChI is InChI=1S/C14H10ClN3O3/c15-13-10(7-16)11(6-12(19)18-13)17-14(20)21-8-9-4-2-1-3-5-9/h1-6H,8H2,(H2,17,18,19,20). The number of H-pyrrole nitrogens is 1. The van der Waals surface area contributed by atoms with Gasteiger partial charge < -0.3 is 9.72 Å². The largest absolute Gasteiger partial charge is 0.444 e. The maximum absolute atomic E-state index is 11.7. The Morgan fingerprint density at radius 2 is 2.10 bits per heavy atom. The molecule has 0 saturated carbocycles. The van der Waals surface area contributed by atoms with Gasteiger partial charge in [-0.25, -0.2) is 4.79 Å². The molecular weight excluding hydrogens is 294 g/mol. The van der Waals surface area contributed by atoms with Gasteiger partial charge in [0.25, 0.3) is 5.56 Å². The summed E-state index contributed by atoms with van der Waals surface area (Å²) in [6.07, 6.45) is -0.781. The third-order valence-corrected chi connectivity index (χ3v) is 2.84. The number of amides is 1. The zero-order valence-corrected chi connectivity index (χ0v) is 11.5. The summed E-state index contributed by atoms with van der Waals surface area (Å²) in [5.41, 5.74) is 0.256. The van der Waals surface area contributed by atoms with Crippen LogP contribution < -0.4 is 10.9 Å². The number of anilines is 1. The lowest BCUT2D eigenvalue weighted by Crippen LogP contribution is -2.17. The molecule has 2 rings (SSSR count). The molecule has 7 heteroatoms. The van der Waals surface area contributed by atoms with Gasteiger partial charge in [-0.3, -0.25) is 10.1 Å². The van der Waals surface area contributed by atoms with Gasteiger partial charge in [-0.15, -0.1) is 0 Å². The Kier molecular flexibility index (Phi) is 4.59. The summed E-state index contributed by atoms with van der Waals surface area (Å²) < 4.78 is 5.00. The summed E-state index contributed by atoms with van der Waals surface area (Å²) in [4.78, 5) is 25.2. The van der Waals surface area contributed by atoms with Gasteiger partial charge in [0.05, 0.1) is 5.69 Å². The van der Waals surface area contributed by atoms with E-state index in [-0.39, 0.29) is 23.0 Å². The van der Waals surface area contributed by atoms with Gasteiger partial charge in [-0.2, -0.15) is 5.26 Å². The number of nitrogens with zero attached hydrogens (tertiary/aromatic N) is 1. The van der Waals surface area contributed by atoms with E-state index in [2.05, 4.69) is 10.3 Å². The molecular formula is C14H10ClN3O3. The Bertz CT molecular complexity index is 750. The van der Waals surface area contributed by atoms with Gasteiger partial charge in [0.15, 0.2) is 0 Å². The van der Waals surface area contributed by atoms with E-state index in [1.54, 1.807) is 18.2 Å². The van der Waals surface area contributed by atoms with Gasteiger partial charge in [-0.05, 0) is 5.56 Å². The highest BCUT2D eigenvalue weighted by atomic mass is 35.5. The summed E-state index contributed by atoms with van der Waals surface area (Å²) in [5.74, 6) is 0. The molecule has 1 aromatic heterocycles. The number of hydrogen-bond acceptors (Lipinski definition) is 4. The lowest BCUT2D eigenvalue weighted by atomic mass is 10.2. The molecule has 106 valence electrons. The van der Waals surface area contributed by atoms with Crippen molar-refractivity contribution in [3.05, 3.63) is 63.0 Å². The Labute approximate surface area is 124 Å². The van der Waals surface area contributed by atoms with Crippen molar-refractivity contribution in [3.63, 3.8) is 0 Å². The molecule has 6 nitrogen and oxygen atoms in total. The zero-order valence-electron chi connectivity index (χ0n) is 10.7. The first-order valence-electron chi connectivity index (χ1n) is 5.91. The number of aromatic nitrogens is 1. The molecule has 1 heterocycles. The summed E-state index contributed by atoms with van der Waals surface area (Å²) in [7, 11) is 0. The van der Waals surface area contributed by atoms with Crippen LogP contribution in [0.2, 0.25) is 5.15 Å². The van der Waals surface area contributed by atoms with Crippen molar-refractivity contribution in [2.75, 3.05) is 5.32 Å². The maximum atomic E-state index is 11.7. The second-order valence-corrected chi connectivity index (χ2v) is 4.41. The van der Waals surface area contributed by atoms with Crippen molar-refractivity contribution in [1.29, 1.82) is 5.26 Å². The quantitative estimate of drug-likeness (QED) is 0.852. The van der Waals surface area contributed by atoms with Crippen LogP contribution in [0.15, 0.2) is 41.2 Å². The Morgan fingerprint density at radius 3 is 2.76 bits per heavy atom. The highest BCUT2D eigenvalue weighted by molar-refractivity contribution is 6.31. The lowest BCUT2D eigenvalue weighted by Gasteiger charge is -2.08. The number of rotatable bonds is 3. The SMILES string of the molecule is N#Cc1c(NC(=O)OCc2ccccc2)cc(=O)[nH]c1Cl. The first kappa shape index (κ1) is 14.6. The molecule has 0 aliphatic carbocycles. The molecule has 0 radical (unpaired) electrons. The zero-order chi connectivity index (χ0) is 15.2. The predicted octanol–water partition coefficient (Wildman–Crippen LogP) is 2.65. The van der Waals surface area contributed by atoms with Crippen molar-refractivity contribution in [3.8, 4) is 6.07 Å². The third kappa shape index (κ3) is 3.84. The fraction of sp³-hybridized carbons (Fsp3) is 0.0714. The Balaban J connectivity index is 2.07. The number of benzene rings is 1. The summed E-state index contributed by atoms with van der Waals surface area (Å²) in [6, 6.07) is 12.0. The number of carbonyl (C=O) groups excluding carboxylic acids is 1. The third-order valence-electron chi connectivity index (χ3n) is 2.56. The van der Waals surface area contributed by atoms with E-state index in [4.69, 9.17) is 21.6 Å². The summed E-state index contributed by atoms with van der Waals surface area (Å²) in [5, 5.41) is 11.2. The van der Waals surface area contributed by atoms with Gasteiger partial charge in [-0.1, -0.05) is 41.9 Å². The van der Waals surface area contributed by atoms with Gasteiger partial charge in [0, 0.05) is 6.07 Å². The van der Waals surface area contributed by atoms with Crippen LogP contribution in [0.3, 0.4) is 0 Å². The molecule has 1 aromatic carbocycles. The van der Waals surface area contributed by atoms with Crippen LogP contribution in [-0.2, 0) is 11.3 Å². The van der Waals surface area contributed by atoms with Crippen molar-refractivity contribution in [1.82, 2.24) is 4.98 Å². The second kappa shape index (κ2) is 6.59. The van der Waals surface area contributed by atoms with Gasteiger partial charge in [0.1, 0.15) is 23.4 Å². The number of ether oxygens (including phenoxy) is 1. The first-order valence-corrected chi connectivity index (χ1v) is 6.28. The number of aromatic amines is 1. The Hall–Kier alpha value is -2.78. The molecule has 0 unspecified atom stereocenters. The summed E-state index contributed by atoms with van der Waals surface area (Å²) >= 11 is 5.72. The van der Waals surface area contributed by atoms with E-state index in [0.29, 0.717) is 0 Å². The molecule has 0 spiro atoms. The van der Waals surface area contributed by atoms with E-state index in [1.807, 2.05) is 18.2 Å². The Morgan fingerprint density at radius 1 is 1.38 bits per heavy atom. The van der Waals surface area contributed by atoms with Gasteiger partial charge in [0.2, 0.25) is 0 Å². The summed E-state index contributed by atoms with van der Waals surface area (Å²) in [6.45, 7) is 0.0749. The molecule has 21 heavy (non-hydrogen) atoms. The van der Waals surface area contributed by atoms with Crippen LogP contribution in [0.1, 0.15) is 11.1 Å². The second-order valence-electron chi connectivity index (χ2n) is 4.03. The highest BCUT2D eigenvalue weighted by Crippen LogP contribution is 2.19. The smallest absolute Gasteiger partial charge is 0.411 e. The van der Waals surface area contributed by atoms with E-state index in [9.17, 15) is 9.59 Å². The van der Waals surface area contributed by atoms with Crippen molar-refractivity contribution < 1.29 is 9.53 Å². The number of hydrogen-bond donors (Lipinski definition) is 2. The van der Waals surface area contributed by atoms with E-state index in [0.717, 1.165) is 11.6 Å². The highest BCUT2D eigenvalue weighted by Gasteiger charge is 2.12. The molecule has 2 N–H and O–H groups in total. The van der Waals surface area contributed by atoms with Crippen molar-refractivity contribution >= 4 is 23.4 Å². The van der Waals surface area contributed by atoms with E-state index in [1.165, 1.54) is 0 Å². The molecule has 0 atom stereocenters. The molecule has 0 bridgehead atoms. The lowest BCUT2D eigenvalue weighted by molar-refractivity contribution is 0.155. The molecule has 1 amide bonds. The number of nitriles is 1. The van der Waals surface area contributed by atoms with Gasteiger partial charge >= 0.3 is 6.09 Å².